The molecule has 5 heteroatoms. The number of likely N-dealkylation sites (tertiary alicyclic amines) is 1. The third-order valence-electron chi connectivity index (χ3n) is 3.82. The van der Waals surface area contributed by atoms with Gasteiger partial charge in [0, 0.05) is 12.6 Å². The van der Waals surface area contributed by atoms with Gasteiger partial charge in [0.2, 0.25) is 0 Å². The van der Waals surface area contributed by atoms with Crippen LogP contribution in [0.15, 0.2) is 22.0 Å². The van der Waals surface area contributed by atoms with Crippen LogP contribution in [0.5, 0.6) is 0 Å². The molecule has 0 unspecified atom stereocenters. The van der Waals surface area contributed by atoms with E-state index in [0.29, 0.717) is 0 Å². The Morgan fingerprint density at radius 3 is 3.15 bits per heavy atom. The van der Waals surface area contributed by atoms with Gasteiger partial charge in [-0.05, 0) is 43.2 Å². The summed E-state index contributed by atoms with van der Waals surface area (Å²) in [7, 11) is 0. The van der Waals surface area contributed by atoms with Crippen molar-refractivity contribution in [1.82, 2.24) is 10.1 Å². The Kier molecular flexibility index (Phi) is 3.61. The van der Waals surface area contributed by atoms with Gasteiger partial charge in [-0.2, -0.15) is 0 Å². The van der Waals surface area contributed by atoms with Gasteiger partial charge in [0.15, 0.2) is 0 Å². The topological polar surface area (TPSA) is 46.3 Å². The Morgan fingerprint density at radius 2 is 2.45 bits per heavy atom. The van der Waals surface area contributed by atoms with E-state index >= 15 is 0 Å². The molecule has 1 atom stereocenters. The number of thiophene rings is 1. The van der Waals surface area contributed by atoms with Gasteiger partial charge < -0.3 is 9.42 Å². The van der Waals surface area contributed by atoms with Gasteiger partial charge in [0.1, 0.15) is 11.5 Å². The molecule has 1 aliphatic rings. The Labute approximate surface area is 122 Å². The molecule has 2 aromatic heterocycles. The lowest BCUT2D eigenvalue weighted by Gasteiger charge is -2.22. The largest absolute Gasteiger partial charge is 0.361 e. The molecule has 106 valence electrons. The Balaban J connectivity index is 1.87. The molecule has 1 aliphatic heterocycles. The van der Waals surface area contributed by atoms with Gasteiger partial charge in [-0.3, -0.25) is 4.79 Å². The van der Waals surface area contributed by atoms with E-state index in [1.54, 1.807) is 0 Å². The SMILES string of the molecule is CCc1ccsc1C(=O)N1CCC[C@@H]1c1cc(C)on1. The molecule has 3 rings (SSSR count). The number of nitrogens with zero attached hydrogens (tertiary/aromatic N) is 2. The van der Waals surface area contributed by atoms with Crippen molar-refractivity contribution in [2.24, 2.45) is 0 Å². The minimum Gasteiger partial charge on any atom is -0.361 e. The lowest BCUT2D eigenvalue weighted by molar-refractivity contribution is 0.0735. The molecule has 0 N–H and O–H groups in total. The number of rotatable bonds is 3. The number of aromatic nitrogens is 1. The molecule has 0 aliphatic carbocycles. The molecule has 0 spiro atoms. The van der Waals surface area contributed by atoms with E-state index in [2.05, 4.69) is 12.1 Å². The second-order valence-corrected chi connectivity index (χ2v) is 6.06. The van der Waals surface area contributed by atoms with E-state index < -0.39 is 0 Å². The average Bonchev–Trinajstić information content (AvgIpc) is 3.17. The van der Waals surface area contributed by atoms with E-state index in [0.717, 1.165) is 47.7 Å². The van der Waals surface area contributed by atoms with Crippen molar-refractivity contribution >= 4 is 17.2 Å². The molecular formula is C15H18N2O2S. The third kappa shape index (κ3) is 2.26. The first kappa shape index (κ1) is 13.4. The molecule has 1 fully saturated rings. The first-order chi connectivity index (χ1) is 9.70. The van der Waals surface area contributed by atoms with Crippen LogP contribution < -0.4 is 0 Å². The van der Waals surface area contributed by atoms with E-state index in [1.165, 1.54) is 11.3 Å². The summed E-state index contributed by atoms with van der Waals surface area (Å²) in [6.45, 7) is 4.77. The smallest absolute Gasteiger partial charge is 0.264 e. The zero-order valence-electron chi connectivity index (χ0n) is 11.8. The molecule has 0 aromatic carbocycles. The van der Waals surface area contributed by atoms with Crippen molar-refractivity contribution < 1.29 is 9.32 Å². The number of hydrogen-bond acceptors (Lipinski definition) is 4. The summed E-state index contributed by atoms with van der Waals surface area (Å²) in [5, 5.41) is 6.09. The van der Waals surface area contributed by atoms with Crippen molar-refractivity contribution in [2.45, 2.75) is 39.2 Å². The minimum absolute atomic E-state index is 0.0618. The number of carbonyl (C=O) groups is 1. The van der Waals surface area contributed by atoms with Crippen molar-refractivity contribution in [3.8, 4) is 0 Å². The zero-order chi connectivity index (χ0) is 14.1. The van der Waals surface area contributed by atoms with Gasteiger partial charge in [-0.15, -0.1) is 11.3 Å². The molecule has 4 nitrogen and oxygen atoms in total. The van der Waals surface area contributed by atoms with Gasteiger partial charge in [-0.25, -0.2) is 0 Å². The lowest BCUT2D eigenvalue weighted by Crippen LogP contribution is -2.30. The third-order valence-corrected chi connectivity index (χ3v) is 4.77. The molecule has 0 saturated carbocycles. The van der Waals surface area contributed by atoms with Gasteiger partial charge in [-0.1, -0.05) is 12.1 Å². The summed E-state index contributed by atoms with van der Waals surface area (Å²) >= 11 is 1.54. The van der Waals surface area contributed by atoms with E-state index in [9.17, 15) is 4.79 Å². The summed E-state index contributed by atoms with van der Waals surface area (Å²) in [5.74, 6) is 0.935. The summed E-state index contributed by atoms with van der Waals surface area (Å²) in [4.78, 5) is 15.6. The van der Waals surface area contributed by atoms with Crippen molar-refractivity contribution in [3.63, 3.8) is 0 Å². The van der Waals surface area contributed by atoms with Crippen LogP contribution in [-0.2, 0) is 6.42 Å². The molecule has 0 bridgehead atoms. The lowest BCUT2D eigenvalue weighted by atomic mass is 10.1. The summed E-state index contributed by atoms with van der Waals surface area (Å²) in [6.07, 6.45) is 2.88. The van der Waals surface area contributed by atoms with Crippen LogP contribution in [0.25, 0.3) is 0 Å². The maximum absolute atomic E-state index is 12.8. The Hall–Kier alpha value is -1.62. The van der Waals surface area contributed by atoms with Crippen LogP contribution in [0.1, 0.15) is 52.5 Å². The number of amides is 1. The van der Waals surface area contributed by atoms with Gasteiger partial charge in [0.25, 0.3) is 5.91 Å². The standard InChI is InChI=1S/C15H18N2O2S/c1-3-11-6-8-20-14(11)15(18)17-7-4-5-13(17)12-9-10(2)19-16-12/h6,8-9,13H,3-5,7H2,1-2H3/t13-/m1/s1. The highest BCUT2D eigenvalue weighted by atomic mass is 32.1. The highest BCUT2D eigenvalue weighted by molar-refractivity contribution is 7.12. The average molecular weight is 290 g/mol. The summed E-state index contributed by atoms with van der Waals surface area (Å²) < 4.78 is 5.16. The summed E-state index contributed by atoms with van der Waals surface area (Å²) in [6, 6.07) is 4.04. The quantitative estimate of drug-likeness (QED) is 0.868. The van der Waals surface area contributed by atoms with Crippen molar-refractivity contribution in [3.05, 3.63) is 39.4 Å². The minimum atomic E-state index is 0.0618. The van der Waals surface area contributed by atoms with Gasteiger partial charge in [0.05, 0.1) is 10.9 Å². The fourth-order valence-corrected chi connectivity index (χ4v) is 3.74. The second-order valence-electron chi connectivity index (χ2n) is 5.15. The molecule has 1 amide bonds. The fourth-order valence-electron chi connectivity index (χ4n) is 2.79. The number of hydrogen-bond donors (Lipinski definition) is 0. The number of carbonyl (C=O) groups excluding carboxylic acids is 1. The van der Waals surface area contributed by atoms with Crippen molar-refractivity contribution in [1.29, 1.82) is 0 Å². The molecule has 2 aromatic rings. The fraction of sp³-hybridized carbons (Fsp3) is 0.467. The first-order valence-electron chi connectivity index (χ1n) is 7.01. The van der Waals surface area contributed by atoms with Crippen LogP contribution in [0.2, 0.25) is 0 Å². The maximum atomic E-state index is 12.8. The zero-order valence-corrected chi connectivity index (χ0v) is 12.6. The van der Waals surface area contributed by atoms with E-state index in [1.807, 2.05) is 29.3 Å². The van der Waals surface area contributed by atoms with Gasteiger partial charge >= 0.3 is 0 Å². The highest BCUT2D eigenvalue weighted by Gasteiger charge is 2.33. The van der Waals surface area contributed by atoms with Crippen LogP contribution in [0, 0.1) is 6.92 Å². The molecule has 1 saturated heterocycles. The predicted octanol–water partition coefficient (Wildman–Crippen LogP) is 3.58. The normalized spacial score (nSPS) is 18.7. The molecular weight excluding hydrogens is 272 g/mol. The first-order valence-corrected chi connectivity index (χ1v) is 7.89. The van der Waals surface area contributed by atoms with E-state index in [-0.39, 0.29) is 11.9 Å². The van der Waals surface area contributed by atoms with Crippen molar-refractivity contribution in [2.75, 3.05) is 6.54 Å². The molecule has 20 heavy (non-hydrogen) atoms. The van der Waals surface area contributed by atoms with Crippen LogP contribution >= 0.6 is 11.3 Å². The predicted molar refractivity (Wildman–Crippen MR) is 77.9 cm³/mol. The highest BCUT2D eigenvalue weighted by Crippen LogP contribution is 2.34. The maximum Gasteiger partial charge on any atom is 0.264 e. The number of aryl methyl sites for hydroxylation is 2. The van der Waals surface area contributed by atoms with Crippen LogP contribution in [-0.4, -0.2) is 22.5 Å². The van der Waals surface area contributed by atoms with Crippen LogP contribution in [0.4, 0.5) is 0 Å². The van der Waals surface area contributed by atoms with Crippen LogP contribution in [0.3, 0.4) is 0 Å². The van der Waals surface area contributed by atoms with E-state index in [4.69, 9.17) is 4.52 Å². The molecule has 0 radical (unpaired) electrons. The Morgan fingerprint density at radius 1 is 1.60 bits per heavy atom. The molecule has 3 heterocycles. The summed E-state index contributed by atoms with van der Waals surface area (Å²) in [5.41, 5.74) is 2.02. The second kappa shape index (κ2) is 5.40. The Bertz CT molecular complexity index is 617. The monoisotopic (exact) mass is 290 g/mol.